The third-order valence-electron chi connectivity index (χ3n) is 5.83. The van der Waals surface area contributed by atoms with Gasteiger partial charge in [-0.15, -0.1) is 0 Å². The monoisotopic (exact) mass is 500 g/mol. The van der Waals surface area contributed by atoms with Crippen LogP contribution in [0.15, 0.2) is 72.3 Å². The maximum atomic E-state index is 13.4. The number of carbonyl (C=O) groups is 4. The molecule has 0 aromatic heterocycles. The van der Waals surface area contributed by atoms with Gasteiger partial charge in [-0.3, -0.25) is 14.9 Å². The number of imide groups is 2. The minimum Gasteiger partial charge on any atom is -0.493 e. The fourth-order valence-corrected chi connectivity index (χ4v) is 3.92. The summed E-state index contributed by atoms with van der Waals surface area (Å²) in [4.78, 5) is 50.8. The fourth-order valence-electron chi connectivity index (χ4n) is 3.92. The van der Waals surface area contributed by atoms with Crippen LogP contribution in [0, 0.1) is 0 Å². The molecule has 3 aromatic carbocycles. The van der Waals surface area contributed by atoms with E-state index < -0.39 is 23.8 Å². The number of ether oxygens (including phenoxy) is 2. The highest BCUT2D eigenvalue weighted by molar-refractivity contribution is 6.39. The number of rotatable bonds is 8. The van der Waals surface area contributed by atoms with Crippen LogP contribution in [0.4, 0.5) is 10.5 Å². The van der Waals surface area contributed by atoms with Crippen LogP contribution in [-0.2, 0) is 22.6 Å². The van der Waals surface area contributed by atoms with E-state index in [1.54, 1.807) is 42.5 Å². The number of barbiturate groups is 1. The van der Waals surface area contributed by atoms with Gasteiger partial charge >= 0.3 is 12.0 Å². The van der Waals surface area contributed by atoms with E-state index in [2.05, 4.69) is 5.32 Å². The number of para-hydroxylation sites is 2. The molecular weight excluding hydrogens is 476 g/mol. The number of carboxylic acid groups (broad SMARTS) is 1. The highest BCUT2D eigenvalue weighted by atomic mass is 16.5. The van der Waals surface area contributed by atoms with Crippen molar-refractivity contribution in [1.82, 2.24) is 5.32 Å². The minimum atomic E-state index is -1.03. The van der Waals surface area contributed by atoms with Crippen LogP contribution in [-0.4, -0.2) is 36.0 Å². The predicted octanol–water partition coefficient (Wildman–Crippen LogP) is 4.20. The van der Waals surface area contributed by atoms with Gasteiger partial charge in [0.1, 0.15) is 12.2 Å². The summed E-state index contributed by atoms with van der Waals surface area (Å²) < 4.78 is 11.4. The van der Waals surface area contributed by atoms with Crippen molar-refractivity contribution < 1.29 is 33.8 Å². The van der Waals surface area contributed by atoms with Crippen molar-refractivity contribution in [2.75, 3.05) is 12.0 Å². The van der Waals surface area contributed by atoms with Crippen molar-refractivity contribution >= 4 is 35.6 Å². The van der Waals surface area contributed by atoms with Gasteiger partial charge in [0.05, 0.1) is 18.4 Å². The van der Waals surface area contributed by atoms with E-state index in [9.17, 15) is 19.2 Å². The standard InChI is InChI=1S/C28H24N2O7/c1-3-18-7-4-5-9-22(18)30-26(32)21(25(31)29-28(30)35)15-20-8-6-10-23(36-2)24(20)37-16-17-11-13-19(14-12-17)27(33)34/h4-15H,3,16H2,1-2H3,(H,33,34)(H,29,31,35)/b21-15+. The zero-order chi connectivity index (χ0) is 26.5. The molecule has 188 valence electrons. The maximum Gasteiger partial charge on any atom is 0.335 e. The number of urea groups is 1. The Morgan fingerprint density at radius 1 is 1.00 bits per heavy atom. The number of nitrogens with zero attached hydrogens (tertiary/aromatic N) is 1. The van der Waals surface area contributed by atoms with Crippen LogP contribution < -0.4 is 19.7 Å². The van der Waals surface area contributed by atoms with E-state index in [0.29, 0.717) is 29.0 Å². The molecule has 1 heterocycles. The number of amides is 4. The Hall–Kier alpha value is -4.92. The van der Waals surface area contributed by atoms with Gasteiger partial charge in [-0.25, -0.2) is 14.5 Å². The van der Waals surface area contributed by atoms with E-state index in [-0.39, 0.29) is 23.5 Å². The molecule has 3 aromatic rings. The van der Waals surface area contributed by atoms with E-state index in [0.717, 1.165) is 10.5 Å². The molecule has 0 bridgehead atoms. The summed E-state index contributed by atoms with van der Waals surface area (Å²) in [5, 5.41) is 11.3. The Bertz CT molecular complexity index is 1410. The summed E-state index contributed by atoms with van der Waals surface area (Å²) in [6, 6.07) is 17.4. The number of nitrogens with one attached hydrogen (secondary N) is 1. The van der Waals surface area contributed by atoms with Crippen LogP contribution in [0.1, 0.15) is 34.0 Å². The highest BCUT2D eigenvalue weighted by Gasteiger charge is 2.37. The number of hydrogen-bond acceptors (Lipinski definition) is 6. The third-order valence-corrected chi connectivity index (χ3v) is 5.83. The smallest absolute Gasteiger partial charge is 0.335 e. The summed E-state index contributed by atoms with van der Waals surface area (Å²) in [7, 11) is 1.46. The summed E-state index contributed by atoms with van der Waals surface area (Å²) in [6.07, 6.45) is 1.94. The van der Waals surface area contributed by atoms with Gasteiger partial charge in [0.2, 0.25) is 0 Å². The molecule has 1 aliphatic heterocycles. The van der Waals surface area contributed by atoms with Gasteiger partial charge in [0.25, 0.3) is 11.8 Å². The molecule has 0 aliphatic carbocycles. The molecule has 0 radical (unpaired) electrons. The molecule has 0 saturated carbocycles. The van der Waals surface area contributed by atoms with E-state index in [1.807, 2.05) is 19.1 Å². The van der Waals surface area contributed by atoms with Gasteiger partial charge in [0.15, 0.2) is 11.5 Å². The number of carbonyl (C=O) groups excluding carboxylic acids is 3. The maximum absolute atomic E-state index is 13.4. The molecule has 1 saturated heterocycles. The van der Waals surface area contributed by atoms with Gasteiger partial charge in [-0.2, -0.15) is 0 Å². The molecule has 1 fully saturated rings. The van der Waals surface area contributed by atoms with Gasteiger partial charge < -0.3 is 14.6 Å². The minimum absolute atomic E-state index is 0.0745. The Morgan fingerprint density at radius 2 is 1.73 bits per heavy atom. The first-order valence-corrected chi connectivity index (χ1v) is 11.5. The molecule has 1 aliphatic rings. The summed E-state index contributed by atoms with van der Waals surface area (Å²) >= 11 is 0. The summed E-state index contributed by atoms with van der Waals surface area (Å²) in [6.45, 7) is 1.98. The first-order chi connectivity index (χ1) is 17.8. The lowest BCUT2D eigenvalue weighted by molar-refractivity contribution is -0.122. The van der Waals surface area contributed by atoms with Crippen molar-refractivity contribution in [3.63, 3.8) is 0 Å². The molecule has 0 unspecified atom stereocenters. The number of aryl methyl sites for hydroxylation is 1. The van der Waals surface area contributed by atoms with Crippen LogP contribution >= 0.6 is 0 Å². The average molecular weight is 501 g/mol. The molecule has 37 heavy (non-hydrogen) atoms. The van der Waals surface area contributed by atoms with Crippen molar-refractivity contribution in [3.05, 3.63) is 94.6 Å². The topological polar surface area (TPSA) is 122 Å². The molecule has 4 amide bonds. The van der Waals surface area contributed by atoms with Crippen molar-refractivity contribution in [2.45, 2.75) is 20.0 Å². The lowest BCUT2D eigenvalue weighted by Gasteiger charge is -2.28. The third kappa shape index (κ3) is 5.20. The first-order valence-electron chi connectivity index (χ1n) is 11.5. The van der Waals surface area contributed by atoms with Crippen molar-refractivity contribution in [2.24, 2.45) is 0 Å². The van der Waals surface area contributed by atoms with Crippen LogP contribution in [0.3, 0.4) is 0 Å². The number of carboxylic acids is 1. The summed E-state index contributed by atoms with van der Waals surface area (Å²) in [5.74, 6) is -1.97. The number of methoxy groups -OCH3 is 1. The predicted molar refractivity (Wildman–Crippen MR) is 136 cm³/mol. The number of anilines is 1. The Morgan fingerprint density at radius 3 is 2.41 bits per heavy atom. The lowest BCUT2D eigenvalue weighted by Crippen LogP contribution is -2.54. The molecule has 9 nitrogen and oxygen atoms in total. The van der Waals surface area contributed by atoms with Gasteiger partial charge in [-0.05, 0) is 47.9 Å². The largest absolute Gasteiger partial charge is 0.493 e. The lowest BCUT2D eigenvalue weighted by atomic mass is 10.0. The number of aromatic carboxylic acids is 1. The fraction of sp³-hybridized carbons (Fsp3) is 0.143. The van der Waals surface area contributed by atoms with Crippen molar-refractivity contribution in [1.29, 1.82) is 0 Å². The summed E-state index contributed by atoms with van der Waals surface area (Å²) in [5.41, 5.74) is 2.18. The van der Waals surface area contributed by atoms with Gasteiger partial charge in [-0.1, -0.05) is 49.4 Å². The Balaban J connectivity index is 1.69. The van der Waals surface area contributed by atoms with E-state index >= 15 is 0 Å². The first kappa shape index (κ1) is 25.2. The molecule has 4 rings (SSSR count). The second-order valence-electron chi connectivity index (χ2n) is 8.11. The Kier molecular flexibility index (Phi) is 7.34. The molecule has 9 heteroatoms. The molecule has 2 N–H and O–H groups in total. The Labute approximate surface area is 212 Å². The quantitative estimate of drug-likeness (QED) is 0.351. The zero-order valence-electron chi connectivity index (χ0n) is 20.2. The normalized spacial score (nSPS) is 14.5. The van der Waals surface area contributed by atoms with Crippen LogP contribution in [0.25, 0.3) is 6.08 Å². The number of benzene rings is 3. The van der Waals surface area contributed by atoms with Crippen molar-refractivity contribution in [3.8, 4) is 11.5 Å². The SMILES string of the molecule is CCc1ccccc1N1C(=O)NC(=O)/C(=C\c2cccc(OC)c2OCc2ccc(C(=O)O)cc2)C1=O. The van der Waals surface area contributed by atoms with E-state index in [1.165, 1.54) is 25.3 Å². The van der Waals surface area contributed by atoms with Gasteiger partial charge in [0, 0.05) is 5.56 Å². The van der Waals surface area contributed by atoms with Crippen LogP contribution in [0.2, 0.25) is 0 Å². The molecular formula is C28H24N2O7. The highest BCUT2D eigenvalue weighted by Crippen LogP contribution is 2.34. The second-order valence-corrected chi connectivity index (χ2v) is 8.11. The van der Waals surface area contributed by atoms with Crippen LogP contribution in [0.5, 0.6) is 11.5 Å². The average Bonchev–Trinajstić information content (AvgIpc) is 2.90. The molecule has 0 spiro atoms. The second kappa shape index (κ2) is 10.8. The zero-order valence-corrected chi connectivity index (χ0v) is 20.2. The molecule has 0 atom stereocenters. The number of hydrogen-bond donors (Lipinski definition) is 2. The van der Waals surface area contributed by atoms with E-state index in [4.69, 9.17) is 14.6 Å².